The number of sulfonamides is 1. The highest BCUT2D eigenvalue weighted by Gasteiger charge is 2.36. The van der Waals surface area contributed by atoms with Gasteiger partial charge in [0.2, 0.25) is 15.9 Å². The fraction of sp³-hybridized carbons (Fsp3) is 0.321. The maximum absolute atomic E-state index is 13.6. The van der Waals surface area contributed by atoms with Gasteiger partial charge in [-0.2, -0.15) is 4.31 Å². The summed E-state index contributed by atoms with van der Waals surface area (Å²) in [5.74, 6) is -0.300. The van der Waals surface area contributed by atoms with Crippen molar-refractivity contribution in [3.8, 4) is 0 Å². The maximum Gasteiger partial charge on any atom is 0.243 e. The monoisotopic (exact) mass is 489 g/mol. The molecule has 3 aromatic rings. The van der Waals surface area contributed by atoms with Gasteiger partial charge in [0.05, 0.1) is 16.9 Å². The minimum absolute atomic E-state index is 0.0639. The van der Waals surface area contributed by atoms with Crippen LogP contribution in [0.4, 0.5) is 5.69 Å². The summed E-state index contributed by atoms with van der Waals surface area (Å²) < 4.78 is 28.7. The molecule has 2 aliphatic rings. The Labute approximate surface area is 207 Å². The fourth-order valence-electron chi connectivity index (χ4n) is 5.32. The third kappa shape index (κ3) is 4.51. The van der Waals surface area contributed by atoms with E-state index in [1.807, 2.05) is 50.2 Å². The molecule has 1 N–H and O–H groups in total. The number of benzene rings is 3. The topological polar surface area (TPSA) is 69.7 Å². The Bertz CT molecular complexity index is 1260. The van der Waals surface area contributed by atoms with Crippen LogP contribution in [0, 0.1) is 5.92 Å². The van der Waals surface area contributed by atoms with Gasteiger partial charge in [-0.15, -0.1) is 0 Å². The quantitative estimate of drug-likeness (QED) is 0.555. The number of piperazine rings is 1. The number of hydrogen-bond acceptors (Lipinski definition) is 4. The molecule has 1 atom stereocenters. The molecule has 2 aliphatic heterocycles. The molecule has 0 aromatic heterocycles. The van der Waals surface area contributed by atoms with Crippen molar-refractivity contribution in [3.63, 3.8) is 0 Å². The van der Waals surface area contributed by atoms with E-state index < -0.39 is 10.0 Å². The summed E-state index contributed by atoms with van der Waals surface area (Å²) in [5.41, 5.74) is 3.89. The van der Waals surface area contributed by atoms with E-state index in [1.165, 1.54) is 11.1 Å². The van der Waals surface area contributed by atoms with E-state index in [4.69, 9.17) is 0 Å². The van der Waals surface area contributed by atoms with Gasteiger partial charge in [-0.3, -0.25) is 9.69 Å². The number of nitrogens with one attached hydrogen (secondary N) is 1. The molecule has 0 saturated carbocycles. The van der Waals surface area contributed by atoms with Gasteiger partial charge in [0.25, 0.3) is 0 Å². The predicted octanol–water partition coefficient (Wildman–Crippen LogP) is 4.47. The second-order valence-electron chi connectivity index (χ2n) is 9.62. The lowest BCUT2D eigenvalue weighted by Crippen LogP contribution is -2.49. The molecule has 2 heterocycles. The lowest BCUT2D eigenvalue weighted by Gasteiger charge is -2.39. The van der Waals surface area contributed by atoms with Crippen molar-refractivity contribution in [3.05, 3.63) is 95.6 Å². The van der Waals surface area contributed by atoms with Crippen LogP contribution in [0.5, 0.6) is 0 Å². The van der Waals surface area contributed by atoms with E-state index in [0.717, 1.165) is 5.56 Å². The number of nitrogens with zero attached hydrogens (tertiary/aromatic N) is 2. The van der Waals surface area contributed by atoms with Crippen LogP contribution < -0.4 is 5.32 Å². The van der Waals surface area contributed by atoms with Gasteiger partial charge in [-0.25, -0.2) is 8.42 Å². The summed E-state index contributed by atoms with van der Waals surface area (Å²) in [7, 11) is -3.66. The molecule has 7 heteroatoms. The molecular formula is C28H31N3O3S. The van der Waals surface area contributed by atoms with E-state index >= 15 is 0 Å². The number of rotatable bonds is 6. The average molecular weight is 490 g/mol. The van der Waals surface area contributed by atoms with Gasteiger partial charge < -0.3 is 5.32 Å². The Morgan fingerprint density at radius 2 is 1.40 bits per heavy atom. The highest BCUT2D eigenvalue weighted by Crippen LogP contribution is 2.39. The molecular weight excluding hydrogens is 458 g/mol. The van der Waals surface area contributed by atoms with Crippen LogP contribution in [0.3, 0.4) is 0 Å². The van der Waals surface area contributed by atoms with E-state index in [2.05, 4.69) is 34.5 Å². The van der Waals surface area contributed by atoms with Crippen LogP contribution in [-0.2, 0) is 14.8 Å². The summed E-state index contributed by atoms with van der Waals surface area (Å²) in [4.78, 5) is 15.0. The summed E-state index contributed by atoms with van der Waals surface area (Å²) in [6, 6.07) is 25.8. The van der Waals surface area contributed by atoms with Gasteiger partial charge >= 0.3 is 0 Å². The molecule has 6 nitrogen and oxygen atoms in total. The normalized spacial score (nSPS) is 19.2. The van der Waals surface area contributed by atoms with Crippen LogP contribution in [-0.4, -0.2) is 49.7 Å². The molecule has 3 aromatic carbocycles. The SMILES string of the molecule is CC(C)[C@H]1C(=O)Nc2ccc(S(=O)(=O)N3CCN(C(c4ccccc4)c4ccccc4)CC3)cc21. The van der Waals surface area contributed by atoms with Gasteiger partial charge in [-0.1, -0.05) is 74.5 Å². The van der Waals surface area contributed by atoms with Gasteiger partial charge in [0, 0.05) is 31.9 Å². The van der Waals surface area contributed by atoms with Crippen LogP contribution in [0.15, 0.2) is 83.8 Å². The first-order chi connectivity index (χ1) is 16.9. The number of hydrogen-bond donors (Lipinski definition) is 1. The van der Waals surface area contributed by atoms with Crippen molar-refractivity contribution in [2.45, 2.75) is 30.7 Å². The predicted molar refractivity (Wildman–Crippen MR) is 138 cm³/mol. The second kappa shape index (κ2) is 9.57. The molecule has 0 spiro atoms. The molecule has 0 aliphatic carbocycles. The van der Waals surface area contributed by atoms with Crippen LogP contribution >= 0.6 is 0 Å². The lowest BCUT2D eigenvalue weighted by atomic mass is 9.90. The van der Waals surface area contributed by atoms with E-state index in [9.17, 15) is 13.2 Å². The van der Waals surface area contributed by atoms with E-state index in [0.29, 0.717) is 31.9 Å². The molecule has 182 valence electrons. The zero-order valence-corrected chi connectivity index (χ0v) is 20.9. The first-order valence-corrected chi connectivity index (χ1v) is 13.6. The van der Waals surface area contributed by atoms with Crippen LogP contribution in [0.1, 0.15) is 42.5 Å². The number of carbonyl (C=O) groups excluding carboxylic acids is 1. The Hall–Kier alpha value is -3.00. The third-order valence-electron chi connectivity index (χ3n) is 7.07. The Balaban J connectivity index is 1.37. The summed E-state index contributed by atoms with van der Waals surface area (Å²) in [5, 5.41) is 2.88. The summed E-state index contributed by atoms with van der Waals surface area (Å²) >= 11 is 0. The van der Waals surface area contributed by atoms with Crippen molar-refractivity contribution in [1.29, 1.82) is 0 Å². The van der Waals surface area contributed by atoms with Crippen molar-refractivity contribution < 1.29 is 13.2 Å². The third-order valence-corrected chi connectivity index (χ3v) is 8.97. The summed E-state index contributed by atoms with van der Waals surface area (Å²) in [6.07, 6.45) is 0. The largest absolute Gasteiger partial charge is 0.325 e. The van der Waals surface area contributed by atoms with Gasteiger partial charge in [0.15, 0.2) is 0 Å². The van der Waals surface area contributed by atoms with Gasteiger partial charge in [-0.05, 0) is 40.8 Å². The highest BCUT2D eigenvalue weighted by atomic mass is 32.2. The first-order valence-electron chi connectivity index (χ1n) is 12.1. The second-order valence-corrected chi connectivity index (χ2v) is 11.6. The molecule has 1 saturated heterocycles. The average Bonchev–Trinajstić information content (AvgIpc) is 3.21. The lowest BCUT2D eigenvalue weighted by molar-refractivity contribution is -0.117. The molecule has 35 heavy (non-hydrogen) atoms. The fourth-order valence-corrected chi connectivity index (χ4v) is 6.78. The van der Waals surface area contributed by atoms with Crippen LogP contribution in [0.25, 0.3) is 0 Å². The highest BCUT2D eigenvalue weighted by molar-refractivity contribution is 7.89. The standard InChI is InChI=1S/C28H31N3O3S/c1-20(2)26-24-19-23(13-14-25(24)29-28(26)32)35(33,34)31-17-15-30(16-18-31)27(21-9-5-3-6-10-21)22-11-7-4-8-12-22/h3-14,19-20,26-27H,15-18H2,1-2H3,(H,29,32)/t26-/m1/s1. The van der Waals surface area contributed by atoms with Crippen molar-refractivity contribution in [2.24, 2.45) is 5.92 Å². The first kappa shape index (κ1) is 23.7. The Morgan fingerprint density at radius 1 is 0.829 bits per heavy atom. The number of amides is 1. The van der Waals surface area contributed by atoms with E-state index in [-0.39, 0.29) is 28.7 Å². The number of anilines is 1. The minimum Gasteiger partial charge on any atom is -0.325 e. The molecule has 1 fully saturated rings. The van der Waals surface area contributed by atoms with Crippen molar-refractivity contribution in [1.82, 2.24) is 9.21 Å². The van der Waals surface area contributed by atoms with Gasteiger partial charge in [0.1, 0.15) is 0 Å². The number of carbonyl (C=O) groups is 1. The molecule has 0 bridgehead atoms. The zero-order chi connectivity index (χ0) is 24.6. The molecule has 5 rings (SSSR count). The van der Waals surface area contributed by atoms with E-state index in [1.54, 1.807) is 22.5 Å². The molecule has 0 unspecified atom stereocenters. The summed E-state index contributed by atoms with van der Waals surface area (Å²) in [6.45, 7) is 6.06. The smallest absolute Gasteiger partial charge is 0.243 e. The Kier molecular flexibility index (Phi) is 6.49. The Morgan fingerprint density at radius 3 is 1.94 bits per heavy atom. The molecule has 0 radical (unpaired) electrons. The number of fused-ring (bicyclic) bond motifs is 1. The maximum atomic E-state index is 13.6. The zero-order valence-electron chi connectivity index (χ0n) is 20.1. The minimum atomic E-state index is -3.66. The van der Waals surface area contributed by atoms with Crippen LogP contribution in [0.2, 0.25) is 0 Å². The molecule has 1 amide bonds. The van der Waals surface area contributed by atoms with Crippen molar-refractivity contribution in [2.75, 3.05) is 31.5 Å². The van der Waals surface area contributed by atoms with Crippen molar-refractivity contribution >= 4 is 21.6 Å².